The van der Waals surface area contributed by atoms with Crippen LogP contribution in [0.3, 0.4) is 0 Å². The zero-order chi connectivity index (χ0) is 14.5. The Kier molecular flexibility index (Phi) is 12.9. The quantitative estimate of drug-likeness (QED) is 0.480. The number of nitrogens with one attached hydrogen (secondary N) is 3. The van der Waals surface area contributed by atoms with Gasteiger partial charge in [-0.2, -0.15) is 0 Å². The predicted molar refractivity (Wildman–Crippen MR) is 90.0 cm³/mol. The van der Waals surface area contributed by atoms with Crippen LogP contribution in [-0.2, 0) is 0 Å². The van der Waals surface area contributed by atoms with E-state index in [0.29, 0.717) is 12.1 Å². The van der Waals surface area contributed by atoms with Gasteiger partial charge >= 0.3 is 0 Å². The summed E-state index contributed by atoms with van der Waals surface area (Å²) in [6, 6.07) is 1.29. The van der Waals surface area contributed by atoms with Crippen LogP contribution in [-0.4, -0.2) is 38.6 Å². The second kappa shape index (κ2) is 12.9. The maximum absolute atomic E-state index is 3.45. The number of allylic oxidation sites excluding steroid dienone is 2. The van der Waals surface area contributed by atoms with Crippen molar-refractivity contribution < 1.29 is 0 Å². The predicted octanol–water partition coefficient (Wildman–Crippen LogP) is 3.02. The molecule has 0 heterocycles. The Morgan fingerprint density at radius 3 is 2.26 bits per heavy atom. The van der Waals surface area contributed by atoms with Gasteiger partial charge in [0.05, 0.1) is 0 Å². The molecule has 2 unspecified atom stereocenters. The normalized spacial score (nSPS) is 15.3. The number of halogens is 1. The summed E-state index contributed by atoms with van der Waals surface area (Å²) < 4.78 is 0. The SMILES string of the molecule is CNC(=CCBr)CCCC(CCCC(C)NC)NC. The maximum atomic E-state index is 3.45. The first kappa shape index (κ1) is 18.9. The van der Waals surface area contributed by atoms with Crippen LogP contribution >= 0.6 is 15.9 Å². The zero-order valence-electron chi connectivity index (χ0n) is 13.1. The Morgan fingerprint density at radius 2 is 1.74 bits per heavy atom. The number of alkyl halides is 1. The number of hydrogen-bond acceptors (Lipinski definition) is 3. The average molecular weight is 334 g/mol. The Bertz CT molecular complexity index is 231. The van der Waals surface area contributed by atoms with Crippen LogP contribution in [0.2, 0.25) is 0 Å². The van der Waals surface area contributed by atoms with Gasteiger partial charge in [0.1, 0.15) is 0 Å². The molecule has 0 aliphatic carbocycles. The highest BCUT2D eigenvalue weighted by molar-refractivity contribution is 9.09. The van der Waals surface area contributed by atoms with Crippen LogP contribution < -0.4 is 16.0 Å². The molecule has 4 heteroatoms. The van der Waals surface area contributed by atoms with Crippen molar-refractivity contribution in [1.82, 2.24) is 16.0 Å². The molecule has 0 bridgehead atoms. The second-order valence-electron chi connectivity index (χ2n) is 5.13. The maximum Gasteiger partial charge on any atom is 0.0231 e. The summed E-state index contributed by atoms with van der Waals surface area (Å²) in [5.74, 6) is 0. The third-order valence-corrected chi connectivity index (χ3v) is 4.06. The first-order valence-electron chi connectivity index (χ1n) is 7.45. The molecule has 0 aromatic heterocycles. The highest BCUT2D eigenvalue weighted by atomic mass is 79.9. The minimum atomic E-state index is 0.635. The van der Waals surface area contributed by atoms with Gasteiger partial charge in [-0.15, -0.1) is 0 Å². The minimum absolute atomic E-state index is 0.635. The average Bonchev–Trinajstić information content (AvgIpc) is 2.44. The van der Waals surface area contributed by atoms with E-state index in [4.69, 9.17) is 0 Å². The lowest BCUT2D eigenvalue weighted by atomic mass is 10.0. The topological polar surface area (TPSA) is 36.1 Å². The number of hydrogen-bond donors (Lipinski definition) is 3. The standard InChI is InChI=1S/C15H32BrN3/c1-13(17-2)7-5-8-14(18-3)9-6-10-15(19-4)11-12-16/h11,13-14,17-19H,5-10,12H2,1-4H3. The molecule has 0 saturated carbocycles. The van der Waals surface area contributed by atoms with Gasteiger partial charge in [-0.05, 0) is 53.1 Å². The van der Waals surface area contributed by atoms with Gasteiger partial charge in [-0.25, -0.2) is 0 Å². The molecule has 0 aliphatic heterocycles. The van der Waals surface area contributed by atoms with Crippen molar-refractivity contribution in [1.29, 1.82) is 0 Å². The molecule has 0 radical (unpaired) electrons. The van der Waals surface area contributed by atoms with Crippen molar-refractivity contribution in [2.45, 2.75) is 57.5 Å². The van der Waals surface area contributed by atoms with Gasteiger partial charge in [-0.1, -0.05) is 28.4 Å². The van der Waals surface area contributed by atoms with Crippen molar-refractivity contribution in [3.05, 3.63) is 11.8 Å². The molecular weight excluding hydrogens is 302 g/mol. The highest BCUT2D eigenvalue weighted by Gasteiger charge is 2.07. The molecule has 3 N–H and O–H groups in total. The lowest BCUT2D eigenvalue weighted by molar-refractivity contribution is 0.432. The third kappa shape index (κ3) is 10.4. The van der Waals surface area contributed by atoms with E-state index in [0.717, 1.165) is 11.8 Å². The first-order valence-corrected chi connectivity index (χ1v) is 8.57. The van der Waals surface area contributed by atoms with Gasteiger partial charge in [0.15, 0.2) is 0 Å². The molecule has 0 saturated heterocycles. The summed E-state index contributed by atoms with van der Waals surface area (Å²) in [4.78, 5) is 0. The fraction of sp³-hybridized carbons (Fsp3) is 0.867. The van der Waals surface area contributed by atoms with Crippen molar-refractivity contribution in [3.63, 3.8) is 0 Å². The van der Waals surface area contributed by atoms with Crippen LogP contribution in [0.5, 0.6) is 0 Å². The Hall–Kier alpha value is -0.0600. The molecular formula is C15H32BrN3. The van der Waals surface area contributed by atoms with E-state index < -0.39 is 0 Å². The van der Waals surface area contributed by atoms with Crippen molar-refractivity contribution in [2.24, 2.45) is 0 Å². The monoisotopic (exact) mass is 333 g/mol. The number of rotatable bonds is 12. The molecule has 19 heavy (non-hydrogen) atoms. The Balaban J connectivity index is 3.78. The fourth-order valence-electron chi connectivity index (χ4n) is 2.21. The van der Waals surface area contributed by atoms with E-state index in [-0.39, 0.29) is 0 Å². The van der Waals surface area contributed by atoms with Gasteiger partial charge in [0.2, 0.25) is 0 Å². The molecule has 0 spiro atoms. The lowest BCUT2D eigenvalue weighted by Crippen LogP contribution is -2.26. The van der Waals surface area contributed by atoms with Crippen molar-refractivity contribution in [2.75, 3.05) is 26.5 Å². The van der Waals surface area contributed by atoms with E-state index in [1.807, 2.05) is 14.1 Å². The van der Waals surface area contributed by atoms with Crippen LogP contribution in [0.15, 0.2) is 11.8 Å². The molecule has 3 nitrogen and oxygen atoms in total. The summed E-state index contributed by atoms with van der Waals surface area (Å²) in [6.45, 7) is 2.25. The molecule has 0 aliphatic rings. The first-order chi connectivity index (χ1) is 9.17. The van der Waals surface area contributed by atoms with Crippen LogP contribution in [0, 0.1) is 0 Å². The second-order valence-corrected chi connectivity index (χ2v) is 5.78. The van der Waals surface area contributed by atoms with Gasteiger partial charge in [0, 0.05) is 30.2 Å². The van der Waals surface area contributed by atoms with Crippen molar-refractivity contribution in [3.8, 4) is 0 Å². The van der Waals surface area contributed by atoms with E-state index in [1.54, 1.807) is 0 Å². The molecule has 0 aromatic rings. The summed E-state index contributed by atoms with van der Waals surface area (Å²) in [5, 5.41) is 10.9. The third-order valence-electron chi connectivity index (χ3n) is 3.73. The van der Waals surface area contributed by atoms with Gasteiger partial charge in [-0.3, -0.25) is 0 Å². The summed E-state index contributed by atoms with van der Waals surface area (Å²) in [6.07, 6.45) is 9.69. The molecule has 0 amide bonds. The minimum Gasteiger partial charge on any atom is -0.392 e. The van der Waals surface area contributed by atoms with Gasteiger partial charge in [0.25, 0.3) is 0 Å². The summed E-state index contributed by atoms with van der Waals surface area (Å²) in [7, 11) is 6.12. The van der Waals surface area contributed by atoms with Crippen LogP contribution in [0.25, 0.3) is 0 Å². The largest absolute Gasteiger partial charge is 0.392 e. The van der Waals surface area contributed by atoms with E-state index in [2.05, 4.69) is 51.9 Å². The van der Waals surface area contributed by atoms with E-state index >= 15 is 0 Å². The molecule has 0 fully saturated rings. The molecule has 2 atom stereocenters. The Labute approximate surface area is 128 Å². The van der Waals surface area contributed by atoms with Gasteiger partial charge < -0.3 is 16.0 Å². The smallest absolute Gasteiger partial charge is 0.0231 e. The Morgan fingerprint density at radius 1 is 1.05 bits per heavy atom. The fourth-order valence-corrected chi connectivity index (χ4v) is 2.60. The molecule has 0 aromatic carbocycles. The van der Waals surface area contributed by atoms with Crippen molar-refractivity contribution >= 4 is 15.9 Å². The molecule has 114 valence electrons. The van der Waals surface area contributed by atoms with Crippen LogP contribution in [0.4, 0.5) is 0 Å². The zero-order valence-corrected chi connectivity index (χ0v) is 14.6. The summed E-state index contributed by atoms with van der Waals surface area (Å²) >= 11 is 3.45. The lowest BCUT2D eigenvalue weighted by Gasteiger charge is -2.18. The van der Waals surface area contributed by atoms with Crippen LogP contribution in [0.1, 0.15) is 45.4 Å². The summed E-state index contributed by atoms with van der Waals surface area (Å²) in [5.41, 5.74) is 1.34. The van der Waals surface area contributed by atoms with E-state index in [9.17, 15) is 0 Å². The highest BCUT2D eigenvalue weighted by Crippen LogP contribution is 2.12. The van der Waals surface area contributed by atoms with E-state index in [1.165, 1.54) is 37.8 Å². The molecule has 0 rings (SSSR count).